The van der Waals surface area contributed by atoms with Gasteiger partial charge in [0.15, 0.2) is 8.32 Å². The van der Waals surface area contributed by atoms with Gasteiger partial charge in [0.25, 0.3) is 0 Å². The maximum absolute atomic E-state index is 10.9. The Morgan fingerprint density at radius 2 is 1.74 bits per heavy atom. The van der Waals surface area contributed by atoms with Crippen molar-refractivity contribution in [3.63, 3.8) is 0 Å². The van der Waals surface area contributed by atoms with Gasteiger partial charge in [-0.05, 0) is 49.2 Å². The molecular formula is C19H36O3Si. The van der Waals surface area contributed by atoms with Crippen LogP contribution >= 0.6 is 0 Å². The highest BCUT2D eigenvalue weighted by Gasteiger charge is 2.65. The number of fused-ring (bicyclic) bond motifs is 5. The van der Waals surface area contributed by atoms with Gasteiger partial charge in [0, 0.05) is 12.3 Å². The van der Waals surface area contributed by atoms with Crippen LogP contribution in [0.5, 0.6) is 0 Å². The molecule has 3 aliphatic rings. The van der Waals surface area contributed by atoms with E-state index in [1.165, 1.54) is 0 Å². The molecule has 3 fully saturated rings. The highest BCUT2D eigenvalue weighted by atomic mass is 28.4. The molecule has 0 radical (unpaired) electrons. The number of rotatable bonds is 2. The van der Waals surface area contributed by atoms with Crippen molar-refractivity contribution in [1.29, 1.82) is 0 Å². The van der Waals surface area contributed by atoms with E-state index in [1.54, 1.807) is 0 Å². The van der Waals surface area contributed by atoms with Gasteiger partial charge in [-0.2, -0.15) is 0 Å². The molecular weight excluding hydrogens is 304 g/mol. The quantitative estimate of drug-likeness (QED) is 0.760. The highest BCUT2D eigenvalue weighted by Crippen LogP contribution is 2.61. The molecule has 3 rings (SSSR count). The topological polar surface area (TPSA) is 38.7 Å². The zero-order valence-electron chi connectivity index (χ0n) is 16.3. The fourth-order valence-electron chi connectivity index (χ4n) is 5.12. The average Bonchev–Trinajstić information content (AvgIpc) is 2.68. The molecule has 2 heterocycles. The Balaban J connectivity index is 1.79. The van der Waals surface area contributed by atoms with Crippen molar-refractivity contribution in [3.05, 3.63) is 0 Å². The first-order valence-electron chi connectivity index (χ1n) is 9.31. The van der Waals surface area contributed by atoms with Crippen LogP contribution in [0.1, 0.15) is 60.8 Å². The third kappa shape index (κ3) is 2.74. The van der Waals surface area contributed by atoms with E-state index in [0.717, 1.165) is 19.3 Å². The lowest BCUT2D eigenvalue weighted by atomic mass is 9.78. The number of hydrogen-bond acceptors (Lipinski definition) is 3. The fourth-order valence-corrected chi connectivity index (χ4v) is 6.49. The van der Waals surface area contributed by atoms with Crippen molar-refractivity contribution in [2.24, 2.45) is 17.3 Å². The van der Waals surface area contributed by atoms with Gasteiger partial charge < -0.3 is 14.3 Å². The third-order valence-corrected chi connectivity index (χ3v) is 11.9. The number of ether oxygens (including phenoxy) is 1. The Hall–Kier alpha value is 0.0969. The van der Waals surface area contributed by atoms with E-state index in [9.17, 15) is 5.11 Å². The standard InChI is InChI=1S/C19H36O3Si/c1-17(2,3)23(7,8)22-12-9-14-13-11-18(4,5)16(20)15(13)19(6,10-12)21-14/h12-16,20H,9-11H2,1-8H3/t12-,13-,14-,15+,16+,19+/m1/s1. The summed E-state index contributed by atoms with van der Waals surface area (Å²) in [4.78, 5) is 0. The zero-order chi connectivity index (χ0) is 17.4. The summed E-state index contributed by atoms with van der Waals surface area (Å²) in [6.45, 7) is 18.2. The van der Waals surface area contributed by atoms with Crippen LogP contribution in [0.2, 0.25) is 18.1 Å². The van der Waals surface area contributed by atoms with E-state index in [-0.39, 0.29) is 34.2 Å². The molecule has 3 nitrogen and oxygen atoms in total. The lowest BCUT2D eigenvalue weighted by molar-refractivity contribution is -0.142. The molecule has 6 atom stereocenters. The first-order valence-corrected chi connectivity index (χ1v) is 12.2. The van der Waals surface area contributed by atoms with Gasteiger partial charge in [0.2, 0.25) is 0 Å². The van der Waals surface area contributed by atoms with Gasteiger partial charge in [0.1, 0.15) is 0 Å². The maximum Gasteiger partial charge on any atom is 0.192 e. The predicted octanol–water partition coefficient (Wildman–Crippen LogP) is 4.35. The molecule has 1 N–H and O–H groups in total. The summed E-state index contributed by atoms with van der Waals surface area (Å²) in [6, 6.07) is 0. The molecule has 23 heavy (non-hydrogen) atoms. The zero-order valence-corrected chi connectivity index (χ0v) is 17.3. The lowest BCUT2D eigenvalue weighted by Gasteiger charge is -2.45. The van der Waals surface area contributed by atoms with Crippen LogP contribution in [0.25, 0.3) is 0 Å². The van der Waals surface area contributed by atoms with Crippen molar-refractivity contribution in [2.75, 3.05) is 0 Å². The largest absolute Gasteiger partial charge is 0.414 e. The Bertz CT molecular complexity index is 481. The second-order valence-electron chi connectivity index (χ2n) is 10.7. The van der Waals surface area contributed by atoms with E-state index >= 15 is 0 Å². The van der Waals surface area contributed by atoms with Crippen LogP contribution in [0.15, 0.2) is 0 Å². The monoisotopic (exact) mass is 340 g/mol. The summed E-state index contributed by atoms with van der Waals surface area (Å²) in [5, 5.41) is 11.1. The van der Waals surface area contributed by atoms with Crippen molar-refractivity contribution < 1.29 is 14.3 Å². The average molecular weight is 341 g/mol. The van der Waals surface area contributed by atoms with Gasteiger partial charge in [-0.1, -0.05) is 34.6 Å². The molecule has 0 aromatic rings. The summed E-state index contributed by atoms with van der Waals surface area (Å²) in [5.41, 5.74) is -0.195. The van der Waals surface area contributed by atoms with Crippen LogP contribution in [0.3, 0.4) is 0 Å². The molecule has 2 bridgehead atoms. The lowest BCUT2D eigenvalue weighted by Crippen LogP contribution is -2.51. The normalized spacial score (nSPS) is 46.0. The molecule has 0 aromatic carbocycles. The molecule has 134 valence electrons. The van der Waals surface area contributed by atoms with Crippen LogP contribution in [0, 0.1) is 17.3 Å². The first kappa shape index (κ1) is 17.9. The van der Waals surface area contributed by atoms with E-state index < -0.39 is 8.32 Å². The summed E-state index contributed by atoms with van der Waals surface area (Å²) >= 11 is 0. The minimum absolute atomic E-state index is 0.0196. The highest BCUT2D eigenvalue weighted by molar-refractivity contribution is 6.74. The van der Waals surface area contributed by atoms with Crippen LogP contribution < -0.4 is 0 Å². The minimum Gasteiger partial charge on any atom is -0.414 e. The summed E-state index contributed by atoms with van der Waals surface area (Å²) in [6.07, 6.45) is 3.32. The van der Waals surface area contributed by atoms with Crippen molar-refractivity contribution >= 4 is 8.32 Å². The van der Waals surface area contributed by atoms with Crippen molar-refractivity contribution in [3.8, 4) is 0 Å². The Morgan fingerprint density at radius 1 is 1.13 bits per heavy atom. The Labute approximate surface area is 143 Å². The number of aliphatic hydroxyl groups is 1. The van der Waals surface area contributed by atoms with Gasteiger partial charge in [-0.25, -0.2) is 0 Å². The van der Waals surface area contributed by atoms with E-state index in [4.69, 9.17) is 9.16 Å². The van der Waals surface area contributed by atoms with Gasteiger partial charge in [-0.3, -0.25) is 0 Å². The first-order chi connectivity index (χ1) is 10.3. The van der Waals surface area contributed by atoms with Crippen LogP contribution in [-0.4, -0.2) is 37.3 Å². The number of aliphatic hydroxyl groups excluding tert-OH is 1. The third-order valence-electron chi connectivity index (χ3n) is 7.36. The maximum atomic E-state index is 10.9. The molecule has 2 saturated heterocycles. The predicted molar refractivity (Wildman–Crippen MR) is 96.0 cm³/mol. The van der Waals surface area contributed by atoms with Crippen molar-refractivity contribution in [1.82, 2.24) is 0 Å². The molecule has 0 unspecified atom stereocenters. The Morgan fingerprint density at radius 3 is 2.30 bits per heavy atom. The molecule has 4 heteroatoms. The second kappa shape index (κ2) is 5.06. The van der Waals surface area contributed by atoms with Gasteiger partial charge in [-0.15, -0.1) is 0 Å². The summed E-state index contributed by atoms with van der Waals surface area (Å²) in [5.74, 6) is 0.772. The van der Waals surface area contributed by atoms with Gasteiger partial charge in [0.05, 0.1) is 23.9 Å². The smallest absolute Gasteiger partial charge is 0.192 e. The second-order valence-corrected chi connectivity index (χ2v) is 15.5. The van der Waals surface area contributed by atoms with E-state index in [2.05, 4.69) is 54.6 Å². The molecule has 2 aliphatic heterocycles. The number of hydrogen-bond donors (Lipinski definition) is 1. The van der Waals surface area contributed by atoms with E-state index in [0.29, 0.717) is 12.0 Å². The molecule has 0 amide bonds. The summed E-state index contributed by atoms with van der Waals surface area (Å²) in [7, 11) is -1.76. The van der Waals surface area contributed by atoms with E-state index in [1.807, 2.05) is 0 Å². The fraction of sp³-hybridized carbons (Fsp3) is 1.00. The SMILES string of the molecule is CC1(C)C[C@H]2[C@@H]([C@@H]1O)[C@]1(C)C[C@H](O[Si](C)(C)C(C)(C)C)C[C@H]2O1. The van der Waals surface area contributed by atoms with Crippen molar-refractivity contribution in [2.45, 2.75) is 103 Å². The molecule has 0 spiro atoms. The molecule has 1 saturated carbocycles. The molecule has 0 aromatic heterocycles. The Kier molecular flexibility index (Phi) is 3.94. The minimum atomic E-state index is -1.76. The van der Waals surface area contributed by atoms with Crippen LogP contribution in [0.4, 0.5) is 0 Å². The van der Waals surface area contributed by atoms with Crippen LogP contribution in [-0.2, 0) is 9.16 Å². The van der Waals surface area contributed by atoms with Gasteiger partial charge >= 0.3 is 0 Å². The summed E-state index contributed by atoms with van der Waals surface area (Å²) < 4.78 is 13.1. The molecule has 1 aliphatic carbocycles.